The molecule has 3 aromatic carbocycles. The Kier molecular flexibility index (Phi) is 6.53. The van der Waals surface area contributed by atoms with E-state index in [4.69, 9.17) is 9.47 Å². The zero-order chi connectivity index (χ0) is 19.9. The average molecular weight is 377 g/mol. The van der Waals surface area contributed by atoms with Gasteiger partial charge in [0.2, 0.25) is 0 Å². The van der Waals surface area contributed by atoms with Crippen LogP contribution in [0.25, 0.3) is 10.8 Å². The minimum absolute atomic E-state index is 0.122. The van der Waals surface area contributed by atoms with Crippen LogP contribution in [-0.4, -0.2) is 25.2 Å². The molecule has 1 amide bonds. The quantitative estimate of drug-likeness (QED) is 0.573. The number of rotatable bonds is 8. The van der Waals surface area contributed by atoms with Crippen molar-refractivity contribution in [2.24, 2.45) is 0 Å². The van der Waals surface area contributed by atoms with Gasteiger partial charge in [0.05, 0.1) is 6.54 Å². The topological polar surface area (TPSA) is 47.6 Å². The molecule has 3 rings (SSSR count). The van der Waals surface area contributed by atoms with Gasteiger partial charge >= 0.3 is 0 Å². The van der Waals surface area contributed by atoms with Gasteiger partial charge in [-0.15, -0.1) is 0 Å². The van der Waals surface area contributed by atoms with E-state index >= 15 is 0 Å². The third-order valence-corrected chi connectivity index (χ3v) is 4.81. The van der Waals surface area contributed by atoms with Crippen LogP contribution in [0.2, 0.25) is 0 Å². The van der Waals surface area contributed by atoms with Crippen molar-refractivity contribution in [3.05, 3.63) is 71.8 Å². The van der Waals surface area contributed by atoms with E-state index < -0.39 is 6.10 Å². The van der Waals surface area contributed by atoms with E-state index in [9.17, 15) is 4.79 Å². The number of nitrogens with one attached hydrogen (secondary N) is 1. The largest absolute Gasteiger partial charge is 0.492 e. The smallest absolute Gasteiger partial charge is 0.261 e. The highest BCUT2D eigenvalue weighted by atomic mass is 16.5. The lowest BCUT2D eigenvalue weighted by molar-refractivity contribution is -0.128. The Hall–Kier alpha value is -3.01. The van der Waals surface area contributed by atoms with Gasteiger partial charge in [0.25, 0.3) is 5.91 Å². The first kappa shape index (κ1) is 19.7. The van der Waals surface area contributed by atoms with Gasteiger partial charge in [-0.25, -0.2) is 0 Å². The zero-order valence-electron chi connectivity index (χ0n) is 16.7. The summed E-state index contributed by atoms with van der Waals surface area (Å²) in [6.45, 7) is 6.87. The van der Waals surface area contributed by atoms with Gasteiger partial charge < -0.3 is 14.8 Å². The van der Waals surface area contributed by atoms with E-state index in [0.717, 1.165) is 22.4 Å². The van der Waals surface area contributed by atoms with E-state index in [1.54, 1.807) is 0 Å². The van der Waals surface area contributed by atoms with Crippen LogP contribution >= 0.6 is 0 Å². The first-order valence-electron chi connectivity index (χ1n) is 9.70. The molecule has 0 unspecified atom stereocenters. The Bertz CT molecular complexity index is 951. The SMILES string of the molecule is CC[C@@H](Oc1ccc(C)c(C)c1)C(=O)NCCOc1ccc2ccccc2c1. The molecule has 0 aliphatic rings. The van der Waals surface area contributed by atoms with Crippen LogP contribution < -0.4 is 14.8 Å². The Morgan fingerprint density at radius 2 is 1.68 bits per heavy atom. The summed E-state index contributed by atoms with van der Waals surface area (Å²) in [6.07, 6.45) is 0.0902. The second-order valence-corrected chi connectivity index (χ2v) is 6.91. The predicted octanol–water partition coefficient (Wildman–Crippen LogP) is 4.81. The molecule has 0 saturated carbocycles. The van der Waals surface area contributed by atoms with Crippen molar-refractivity contribution in [3.63, 3.8) is 0 Å². The fourth-order valence-corrected chi connectivity index (χ4v) is 2.99. The molecule has 4 nitrogen and oxygen atoms in total. The average Bonchev–Trinajstić information content (AvgIpc) is 2.71. The molecule has 28 heavy (non-hydrogen) atoms. The number of amides is 1. The third-order valence-electron chi connectivity index (χ3n) is 4.81. The Labute approximate surface area is 166 Å². The molecule has 4 heteroatoms. The number of hydrogen-bond acceptors (Lipinski definition) is 3. The van der Waals surface area contributed by atoms with E-state index in [1.807, 2.05) is 62.4 Å². The summed E-state index contributed by atoms with van der Waals surface area (Å²) in [4.78, 5) is 12.4. The maximum Gasteiger partial charge on any atom is 0.261 e. The standard InChI is InChI=1S/C24H27NO3/c1-4-23(28-22-11-9-17(2)18(3)15-22)24(26)25-13-14-27-21-12-10-19-7-5-6-8-20(19)16-21/h5-12,15-16,23H,4,13-14H2,1-3H3,(H,25,26)/t23-/m1/s1. The molecule has 0 spiro atoms. The monoisotopic (exact) mass is 377 g/mol. The maximum atomic E-state index is 12.4. The third kappa shape index (κ3) is 5.03. The van der Waals surface area contributed by atoms with Crippen molar-refractivity contribution in [1.29, 1.82) is 0 Å². The van der Waals surface area contributed by atoms with Crippen molar-refractivity contribution in [2.75, 3.05) is 13.2 Å². The molecular formula is C24H27NO3. The van der Waals surface area contributed by atoms with Gasteiger partial charge in [-0.05, 0) is 66.4 Å². The van der Waals surface area contributed by atoms with Crippen LogP contribution in [0, 0.1) is 13.8 Å². The lowest BCUT2D eigenvalue weighted by Crippen LogP contribution is -2.39. The summed E-state index contributed by atoms with van der Waals surface area (Å²) >= 11 is 0. The van der Waals surface area contributed by atoms with Crippen molar-refractivity contribution < 1.29 is 14.3 Å². The fourth-order valence-electron chi connectivity index (χ4n) is 2.99. The molecular weight excluding hydrogens is 350 g/mol. The van der Waals surface area contributed by atoms with Gasteiger partial charge in [-0.1, -0.05) is 43.3 Å². The van der Waals surface area contributed by atoms with Crippen molar-refractivity contribution in [1.82, 2.24) is 5.32 Å². The predicted molar refractivity (Wildman–Crippen MR) is 113 cm³/mol. The molecule has 1 N–H and O–H groups in total. The normalized spacial score (nSPS) is 11.8. The summed E-state index contributed by atoms with van der Waals surface area (Å²) in [5.74, 6) is 1.40. The van der Waals surface area contributed by atoms with Crippen LogP contribution in [0.4, 0.5) is 0 Å². The van der Waals surface area contributed by atoms with E-state index in [2.05, 4.69) is 24.4 Å². The van der Waals surface area contributed by atoms with Crippen molar-refractivity contribution >= 4 is 16.7 Å². The number of hydrogen-bond donors (Lipinski definition) is 1. The maximum absolute atomic E-state index is 12.4. The Morgan fingerprint density at radius 3 is 2.43 bits per heavy atom. The Balaban J connectivity index is 1.48. The van der Waals surface area contributed by atoms with Crippen molar-refractivity contribution in [2.45, 2.75) is 33.3 Å². The van der Waals surface area contributed by atoms with Crippen LogP contribution in [0.3, 0.4) is 0 Å². The lowest BCUT2D eigenvalue weighted by atomic mass is 10.1. The molecule has 0 saturated heterocycles. The zero-order valence-corrected chi connectivity index (χ0v) is 16.7. The molecule has 0 heterocycles. The number of carbonyl (C=O) groups excluding carboxylic acids is 1. The fraction of sp³-hybridized carbons (Fsp3) is 0.292. The molecule has 0 aliphatic heterocycles. The molecule has 0 aromatic heterocycles. The number of fused-ring (bicyclic) bond motifs is 1. The van der Waals surface area contributed by atoms with Gasteiger partial charge in [0, 0.05) is 0 Å². The Morgan fingerprint density at radius 1 is 0.929 bits per heavy atom. The second kappa shape index (κ2) is 9.27. The number of carbonyl (C=O) groups is 1. The highest BCUT2D eigenvalue weighted by molar-refractivity contribution is 5.83. The van der Waals surface area contributed by atoms with E-state index in [0.29, 0.717) is 19.6 Å². The minimum Gasteiger partial charge on any atom is -0.492 e. The van der Waals surface area contributed by atoms with Gasteiger partial charge in [-0.3, -0.25) is 4.79 Å². The summed E-state index contributed by atoms with van der Waals surface area (Å²) in [5.41, 5.74) is 2.35. The van der Waals surface area contributed by atoms with E-state index in [1.165, 1.54) is 10.9 Å². The molecule has 3 aromatic rings. The highest BCUT2D eigenvalue weighted by Gasteiger charge is 2.18. The van der Waals surface area contributed by atoms with Crippen LogP contribution in [0.15, 0.2) is 60.7 Å². The molecule has 0 bridgehead atoms. The van der Waals surface area contributed by atoms with Gasteiger partial charge in [-0.2, -0.15) is 0 Å². The molecule has 0 aliphatic carbocycles. The summed E-state index contributed by atoms with van der Waals surface area (Å²) < 4.78 is 11.6. The number of benzene rings is 3. The molecule has 1 atom stereocenters. The lowest BCUT2D eigenvalue weighted by Gasteiger charge is -2.18. The summed E-state index contributed by atoms with van der Waals surface area (Å²) in [7, 11) is 0. The number of ether oxygens (including phenoxy) is 2. The number of aryl methyl sites for hydroxylation is 2. The highest BCUT2D eigenvalue weighted by Crippen LogP contribution is 2.20. The second-order valence-electron chi connectivity index (χ2n) is 6.91. The van der Waals surface area contributed by atoms with Crippen LogP contribution in [0.1, 0.15) is 24.5 Å². The van der Waals surface area contributed by atoms with Crippen LogP contribution in [0.5, 0.6) is 11.5 Å². The van der Waals surface area contributed by atoms with Gasteiger partial charge in [0.15, 0.2) is 6.10 Å². The minimum atomic E-state index is -0.511. The summed E-state index contributed by atoms with van der Waals surface area (Å²) in [5, 5.41) is 5.21. The molecule has 146 valence electrons. The van der Waals surface area contributed by atoms with E-state index in [-0.39, 0.29) is 5.91 Å². The summed E-state index contributed by atoms with van der Waals surface area (Å²) in [6, 6.07) is 20.0. The van der Waals surface area contributed by atoms with Crippen LogP contribution in [-0.2, 0) is 4.79 Å². The van der Waals surface area contributed by atoms with Gasteiger partial charge in [0.1, 0.15) is 18.1 Å². The first-order chi connectivity index (χ1) is 13.6. The van der Waals surface area contributed by atoms with Crippen molar-refractivity contribution in [3.8, 4) is 11.5 Å². The first-order valence-corrected chi connectivity index (χ1v) is 9.70. The molecule has 0 fully saturated rings. The molecule has 0 radical (unpaired) electrons.